The molecule has 3 aromatic heterocycles. The van der Waals surface area contributed by atoms with Gasteiger partial charge in [-0.05, 0) is 33.3 Å². The maximum absolute atomic E-state index is 5.48. The van der Waals surface area contributed by atoms with E-state index in [1.54, 1.807) is 0 Å². The number of ether oxygens (including phenoxy) is 1. The van der Waals surface area contributed by atoms with Gasteiger partial charge in [0.15, 0.2) is 11.5 Å². The molecule has 0 spiro atoms. The van der Waals surface area contributed by atoms with Crippen LogP contribution in [0.25, 0.3) is 17.1 Å². The first-order valence-electron chi connectivity index (χ1n) is 7.39. The molecule has 0 radical (unpaired) electrons. The Balaban J connectivity index is 1.85. The highest BCUT2D eigenvalue weighted by atomic mass is 16.5. The van der Waals surface area contributed by atoms with Crippen molar-refractivity contribution in [3.8, 4) is 11.5 Å². The van der Waals surface area contributed by atoms with Gasteiger partial charge in [-0.3, -0.25) is 0 Å². The monoisotopic (exact) mass is 299 g/mol. The smallest absolute Gasteiger partial charge is 0.263 e. The number of rotatable bonds is 2. The normalized spacial score (nSPS) is 18.4. The zero-order valence-corrected chi connectivity index (χ0v) is 12.8. The second kappa shape index (κ2) is 4.88. The van der Waals surface area contributed by atoms with Gasteiger partial charge in [-0.1, -0.05) is 5.16 Å². The van der Waals surface area contributed by atoms with E-state index in [0.29, 0.717) is 18.3 Å². The SMILES string of the molecule is Cc1cc(C)n2nc(C)c(-c3nc([C@@H]4CCOC4)no3)c2n1. The molecule has 4 rings (SSSR count). The van der Waals surface area contributed by atoms with Gasteiger partial charge in [-0.25, -0.2) is 9.50 Å². The van der Waals surface area contributed by atoms with Gasteiger partial charge < -0.3 is 9.26 Å². The predicted octanol–water partition coefficient (Wildman–Crippen LogP) is 2.21. The van der Waals surface area contributed by atoms with Crippen LogP contribution in [0.3, 0.4) is 0 Å². The summed E-state index contributed by atoms with van der Waals surface area (Å²) in [6.45, 7) is 7.32. The van der Waals surface area contributed by atoms with Gasteiger partial charge in [0, 0.05) is 23.9 Å². The average molecular weight is 299 g/mol. The number of aryl methyl sites for hydroxylation is 3. The van der Waals surface area contributed by atoms with Crippen molar-refractivity contribution in [2.75, 3.05) is 13.2 Å². The van der Waals surface area contributed by atoms with Gasteiger partial charge in [0.1, 0.15) is 5.56 Å². The number of aromatic nitrogens is 5. The zero-order valence-electron chi connectivity index (χ0n) is 12.8. The summed E-state index contributed by atoms with van der Waals surface area (Å²) in [5.74, 6) is 1.40. The zero-order chi connectivity index (χ0) is 15.3. The van der Waals surface area contributed by atoms with Crippen LogP contribution in [-0.4, -0.2) is 38.0 Å². The van der Waals surface area contributed by atoms with Crippen molar-refractivity contribution >= 4 is 5.65 Å². The quantitative estimate of drug-likeness (QED) is 0.722. The van der Waals surface area contributed by atoms with Gasteiger partial charge in [-0.2, -0.15) is 10.1 Å². The summed E-state index contributed by atoms with van der Waals surface area (Å²) in [6.07, 6.45) is 0.934. The van der Waals surface area contributed by atoms with Crippen LogP contribution >= 0.6 is 0 Å². The topological polar surface area (TPSA) is 78.3 Å². The van der Waals surface area contributed by atoms with Crippen molar-refractivity contribution in [2.45, 2.75) is 33.1 Å². The Hall–Kier alpha value is -2.28. The first-order valence-corrected chi connectivity index (χ1v) is 7.39. The van der Waals surface area contributed by atoms with Crippen LogP contribution in [-0.2, 0) is 4.74 Å². The summed E-state index contributed by atoms with van der Waals surface area (Å²) in [4.78, 5) is 9.14. The maximum Gasteiger partial charge on any atom is 0.263 e. The molecule has 1 saturated heterocycles. The van der Waals surface area contributed by atoms with E-state index in [4.69, 9.17) is 9.26 Å². The lowest BCUT2D eigenvalue weighted by Gasteiger charge is -2.00. The molecule has 0 aromatic carbocycles. The molecular formula is C15H17N5O2. The van der Waals surface area contributed by atoms with Crippen LogP contribution in [0.5, 0.6) is 0 Å². The summed E-state index contributed by atoms with van der Waals surface area (Å²) < 4.78 is 12.7. The Morgan fingerprint density at radius 3 is 2.86 bits per heavy atom. The molecule has 1 aliphatic rings. The van der Waals surface area contributed by atoms with Crippen LogP contribution in [0, 0.1) is 20.8 Å². The standard InChI is InChI=1S/C15H17N5O2/c1-8-6-9(2)20-14(16-8)12(10(3)18-20)15-17-13(19-22-15)11-4-5-21-7-11/h6,11H,4-5,7H2,1-3H3/t11-/m1/s1. The largest absolute Gasteiger partial charge is 0.381 e. The third-order valence-corrected chi connectivity index (χ3v) is 4.02. The molecule has 3 aromatic rings. The van der Waals surface area contributed by atoms with E-state index in [-0.39, 0.29) is 5.92 Å². The second-order valence-electron chi connectivity index (χ2n) is 5.75. The number of fused-ring (bicyclic) bond motifs is 1. The lowest BCUT2D eigenvalue weighted by molar-refractivity contribution is 0.192. The van der Waals surface area contributed by atoms with E-state index in [1.807, 2.05) is 31.4 Å². The molecular weight excluding hydrogens is 282 g/mol. The highest BCUT2D eigenvalue weighted by Gasteiger charge is 2.26. The van der Waals surface area contributed by atoms with E-state index in [9.17, 15) is 0 Å². The van der Waals surface area contributed by atoms with Crippen LogP contribution in [0.1, 0.15) is 35.2 Å². The fourth-order valence-electron chi connectivity index (χ4n) is 2.92. The van der Waals surface area contributed by atoms with E-state index in [0.717, 1.165) is 41.3 Å². The Bertz CT molecular complexity index is 845. The number of hydrogen-bond donors (Lipinski definition) is 0. The van der Waals surface area contributed by atoms with Gasteiger partial charge in [0.05, 0.1) is 12.3 Å². The minimum atomic E-state index is 0.219. The molecule has 1 aliphatic heterocycles. The van der Waals surface area contributed by atoms with Crippen LogP contribution in [0.4, 0.5) is 0 Å². The minimum absolute atomic E-state index is 0.219. The Morgan fingerprint density at radius 1 is 1.23 bits per heavy atom. The second-order valence-corrected chi connectivity index (χ2v) is 5.75. The first-order chi connectivity index (χ1) is 10.6. The predicted molar refractivity (Wildman–Crippen MR) is 78.7 cm³/mol. The molecule has 1 atom stereocenters. The van der Waals surface area contributed by atoms with Gasteiger partial charge in [-0.15, -0.1) is 0 Å². The van der Waals surface area contributed by atoms with E-state index < -0.39 is 0 Å². The highest BCUT2D eigenvalue weighted by molar-refractivity contribution is 5.74. The minimum Gasteiger partial charge on any atom is -0.381 e. The van der Waals surface area contributed by atoms with Gasteiger partial charge >= 0.3 is 0 Å². The lowest BCUT2D eigenvalue weighted by atomic mass is 10.1. The maximum atomic E-state index is 5.48. The van der Waals surface area contributed by atoms with Crippen molar-refractivity contribution in [3.05, 3.63) is 29.0 Å². The van der Waals surface area contributed by atoms with Crippen molar-refractivity contribution in [3.63, 3.8) is 0 Å². The molecule has 0 amide bonds. The molecule has 0 bridgehead atoms. The van der Waals surface area contributed by atoms with Crippen molar-refractivity contribution in [1.29, 1.82) is 0 Å². The third kappa shape index (κ3) is 2.00. The number of nitrogens with zero attached hydrogens (tertiary/aromatic N) is 5. The summed E-state index contributed by atoms with van der Waals surface area (Å²) >= 11 is 0. The molecule has 0 unspecified atom stereocenters. The molecule has 0 aliphatic carbocycles. The summed E-state index contributed by atoms with van der Waals surface area (Å²) in [5, 5.41) is 8.65. The summed E-state index contributed by atoms with van der Waals surface area (Å²) in [6, 6.07) is 2.00. The fraction of sp³-hybridized carbons (Fsp3) is 0.467. The van der Waals surface area contributed by atoms with E-state index >= 15 is 0 Å². The average Bonchev–Trinajstić information content (AvgIpc) is 3.16. The molecule has 7 nitrogen and oxygen atoms in total. The molecule has 7 heteroatoms. The molecule has 114 valence electrons. The third-order valence-electron chi connectivity index (χ3n) is 4.02. The van der Waals surface area contributed by atoms with Crippen LogP contribution < -0.4 is 0 Å². The van der Waals surface area contributed by atoms with Crippen LogP contribution in [0.2, 0.25) is 0 Å². The summed E-state index contributed by atoms with van der Waals surface area (Å²) in [5.41, 5.74) is 4.37. The van der Waals surface area contributed by atoms with E-state index in [2.05, 4.69) is 20.2 Å². The van der Waals surface area contributed by atoms with Crippen LogP contribution in [0.15, 0.2) is 10.6 Å². The Morgan fingerprint density at radius 2 is 2.09 bits per heavy atom. The molecule has 22 heavy (non-hydrogen) atoms. The fourth-order valence-corrected chi connectivity index (χ4v) is 2.92. The molecule has 0 N–H and O–H groups in total. The number of hydrogen-bond acceptors (Lipinski definition) is 6. The van der Waals surface area contributed by atoms with Crippen molar-refractivity contribution < 1.29 is 9.26 Å². The Labute approximate surface area is 127 Å². The first kappa shape index (κ1) is 13.4. The van der Waals surface area contributed by atoms with Gasteiger partial charge in [0.2, 0.25) is 0 Å². The summed E-state index contributed by atoms with van der Waals surface area (Å²) in [7, 11) is 0. The molecule has 0 saturated carbocycles. The van der Waals surface area contributed by atoms with Crippen molar-refractivity contribution in [2.24, 2.45) is 0 Å². The Kier molecular flexibility index (Phi) is 2.97. The highest BCUT2D eigenvalue weighted by Crippen LogP contribution is 2.29. The van der Waals surface area contributed by atoms with E-state index in [1.165, 1.54) is 0 Å². The lowest BCUT2D eigenvalue weighted by Crippen LogP contribution is -1.99. The van der Waals surface area contributed by atoms with Crippen molar-refractivity contribution in [1.82, 2.24) is 24.7 Å². The molecule has 4 heterocycles. The van der Waals surface area contributed by atoms with Gasteiger partial charge in [0.25, 0.3) is 5.89 Å². The molecule has 1 fully saturated rings.